The molecule has 0 rings (SSSR count). The van der Waals surface area contributed by atoms with Gasteiger partial charge in [-0.3, -0.25) is 4.79 Å². The first-order valence-electron chi connectivity index (χ1n) is 5.48. The Kier molecular flexibility index (Phi) is 6.54. The van der Waals surface area contributed by atoms with Crippen LogP contribution >= 0.6 is 0 Å². The van der Waals surface area contributed by atoms with Crippen LogP contribution in [0.15, 0.2) is 0 Å². The van der Waals surface area contributed by atoms with Crippen LogP contribution in [0, 0.1) is 0 Å². The summed E-state index contributed by atoms with van der Waals surface area (Å²) in [5.41, 5.74) is 0. The molecule has 1 amide bonds. The second kappa shape index (κ2) is 6.82. The maximum Gasteiger partial charge on any atom is 0.223 e. The SMILES string of the molecule is CCC(C)N(C)C(=O)CCNC(C)C. The van der Waals surface area contributed by atoms with Crippen molar-refractivity contribution in [3.63, 3.8) is 0 Å². The summed E-state index contributed by atoms with van der Waals surface area (Å²) in [6, 6.07) is 0.804. The number of rotatable bonds is 6. The highest BCUT2D eigenvalue weighted by molar-refractivity contribution is 5.76. The van der Waals surface area contributed by atoms with Crippen molar-refractivity contribution in [1.29, 1.82) is 0 Å². The third-order valence-corrected chi connectivity index (χ3v) is 2.54. The van der Waals surface area contributed by atoms with E-state index in [1.807, 2.05) is 11.9 Å². The van der Waals surface area contributed by atoms with Gasteiger partial charge in [0.2, 0.25) is 5.91 Å². The van der Waals surface area contributed by atoms with E-state index in [-0.39, 0.29) is 5.91 Å². The van der Waals surface area contributed by atoms with Crippen LogP contribution in [0.25, 0.3) is 0 Å². The normalized spacial score (nSPS) is 13.0. The first-order chi connectivity index (χ1) is 6.49. The van der Waals surface area contributed by atoms with Gasteiger partial charge >= 0.3 is 0 Å². The van der Waals surface area contributed by atoms with Crippen LogP contribution in [0.1, 0.15) is 40.5 Å². The number of nitrogens with zero attached hydrogens (tertiary/aromatic N) is 1. The lowest BCUT2D eigenvalue weighted by Gasteiger charge is -2.24. The van der Waals surface area contributed by atoms with Gasteiger partial charge in [-0.05, 0) is 13.3 Å². The Bertz CT molecular complexity index is 169. The molecule has 1 atom stereocenters. The van der Waals surface area contributed by atoms with E-state index in [1.165, 1.54) is 0 Å². The fourth-order valence-electron chi connectivity index (χ4n) is 1.16. The molecule has 0 bridgehead atoms. The monoisotopic (exact) mass is 200 g/mol. The summed E-state index contributed by atoms with van der Waals surface area (Å²) in [6.07, 6.45) is 1.61. The molecule has 0 aromatic carbocycles. The predicted octanol–water partition coefficient (Wildman–Crippen LogP) is 1.63. The van der Waals surface area contributed by atoms with Crippen molar-refractivity contribution in [3.8, 4) is 0 Å². The third-order valence-electron chi connectivity index (χ3n) is 2.54. The van der Waals surface area contributed by atoms with Crippen LogP contribution in [0.5, 0.6) is 0 Å². The molecule has 0 aliphatic rings. The molecule has 0 radical (unpaired) electrons. The van der Waals surface area contributed by atoms with Gasteiger partial charge in [0.1, 0.15) is 0 Å². The van der Waals surface area contributed by atoms with E-state index in [4.69, 9.17) is 0 Å². The molecule has 3 heteroatoms. The minimum atomic E-state index is 0.229. The Morgan fingerprint density at radius 3 is 2.36 bits per heavy atom. The molecular weight excluding hydrogens is 176 g/mol. The molecular formula is C11H24N2O. The lowest BCUT2D eigenvalue weighted by molar-refractivity contribution is -0.131. The van der Waals surface area contributed by atoms with Crippen LogP contribution in [-0.4, -0.2) is 36.5 Å². The second-order valence-corrected chi connectivity index (χ2v) is 4.12. The zero-order valence-electron chi connectivity index (χ0n) is 10.1. The molecule has 0 saturated heterocycles. The van der Waals surface area contributed by atoms with Crippen molar-refractivity contribution in [2.24, 2.45) is 0 Å². The zero-order chi connectivity index (χ0) is 11.1. The molecule has 84 valence electrons. The summed E-state index contributed by atoms with van der Waals surface area (Å²) in [4.78, 5) is 13.4. The number of hydrogen-bond acceptors (Lipinski definition) is 2. The Morgan fingerprint density at radius 2 is 1.93 bits per heavy atom. The molecule has 0 spiro atoms. The van der Waals surface area contributed by atoms with Gasteiger partial charge in [0, 0.05) is 32.1 Å². The van der Waals surface area contributed by atoms with Crippen molar-refractivity contribution >= 4 is 5.91 Å². The highest BCUT2D eigenvalue weighted by Crippen LogP contribution is 2.01. The van der Waals surface area contributed by atoms with Crippen LogP contribution in [0.2, 0.25) is 0 Å². The molecule has 0 fully saturated rings. The standard InChI is InChI=1S/C11H24N2O/c1-6-10(4)13(5)11(14)7-8-12-9(2)3/h9-10,12H,6-8H2,1-5H3. The van der Waals surface area contributed by atoms with Gasteiger partial charge in [0.15, 0.2) is 0 Å². The average Bonchev–Trinajstić information content (AvgIpc) is 2.14. The molecule has 0 aliphatic carbocycles. The third kappa shape index (κ3) is 5.22. The van der Waals surface area contributed by atoms with Gasteiger partial charge < -0.3 is 10.2 Å². The molecule has 0 aliphatic heterocycles. The summed E-state index contributed by atoms with van der Waals surface area (Å²) in [7, 11) is 1.88. The van der Waals surface area contributed by atoms with Gasteiger partial charge in [-0.25, -0.2) is 0 Å². The van der Waals surface area contributed by atoms with Crippen LogP contribution in [0.3, 0.4) is 0 Å². The van der Waals surface area contributed by atoms with Gasteiger partial charge in [-0.15, -0.1) is 0 Å². The lowest BCUT2D eigenvalue weighted by atomic mass is 10.2. The van der Waals surface area contributed by atoms with E-state index in [9.17, 15) is 4.79 Å². The molecule has 0 saturated carbocycles. The quantitative estimate of drug-likeness (QED) is 0.707. The van der Waals surface area contributed by atoms with E-state index in [1.54, 1.807) is 0 Å². The maximum atomic E-state index is 11.6. The number of carbonyl (C=O) groups is 1. The van der Waals surface area contributed by atoms with Gasteiger partial charge in [0.25, 0.3) is 0 Å². The topological polar surface area (TPSA) is 32.3 Å². The minimum Gasteiger partial charge on any atom is -0.343 e. The number of amides is 1. The smallest absolute Gasteiger partial charge is 0.223 e. The van der Waals surface area contributed by atoms with E-state index in [2.05, 4.69) is 33.0 Å². The van der Waals surface area contributed by atoms with Crippen molar-refractivity contribution in [2.45, 2.75) is 52.6 Å². The molecule has 0 heterocycles. The minimum absolute atomic E-state index is 0.229. The van der Waals surface area contributed by atoms with E-state index >= 15 is 0 Å². The molecule has 1 N–H and O–H groups in total. The van der Waals surface area contributed by atoms with Crippen molar-refractivity contribution in [1.82, 2.24) is 10.2 Å². The fraction of sp³-hybridized carbons (Fsp3) is 0.909. The molecule has 3 nitrogen and oxygen atoms in total. The summed E-state index contributed by atoms with van der Waals surface area (Å²) in [5, 5.41) is 3.24. The van der Waals surface area contributed by atoms with E-state index in [0.29, 0.717) is 18.5 Å². The second-order valence-electron chi connectivity index (χ2n) is 4.12. The Balaban J connectivity index is 3.73. The highest BCUT2D eigenvalue weighted by atomic mass is 16.2. The summed E-state index contributed by atoms with van der Waals surface area (Å²) in [5.74, 6) is 0.229. The lowest BCUT2D eigenvalue weighted by Crippen LogP contribution is -2.37. The number of nitrogens with one attached hydrogen (secondary N) is 1. The Labute approximate surface area is 87.9 Å². The van der Waals surface area contributed by atoms with Crippen LogP contribution in [0.4, 0.5) is 0 Å². The van der Waals surface area contributed by atoms with Crippen molar-refractivity contribution in [2.75, 3.05) is 13.6 Å². The maximum absolute atomic E-state index is 11.6. The Hall–Kier alpha value is -0.570. The first-order valence-corrected chi connectivity index (χ1v) is 5.48. The fourth-order valence-corrected chi connectivity index (χ4v) is 1.16. The van der Waals surface area contributed by atoms with Gasteiger partial charge in [-0.1, -0.05) is 20.8 Å². The molecule has 14 heavy (non-hydrogen) atoms. The van der Waals surface area contributed by atoms with Crippen molar-refractivity contribution in [3.05, 3.63) is 0 Å². The van der Waals surface area contributed by atoms with E-state index < -0.39 is 0 Å². The first kappa shape index (κ1) is 13.4. The van der Waals surface area contributed by atoms with Crippen LogP contribution < -0.4 is 5.32 Å². The zero-order valence-corrected chi connectivity index (χ0v) is 10.1. The van der Waals surface area contributed by atoms with Crippen molar-refractivity contribution < 1.29 is 4.79 Å². The summed E-state index contributed by atoms with van der Waals surface area (Å²) < 4.78 is 0. The number of carbonyl (C=O) groups excluding carboxylic acids is 1. The van der Waals surface area contributed by atoms with E-state index in [0.717, 1.165) is 13.0 Å². The highest BCUT2D eigenvalue weighted by Gasteiger charge is 2.13. The molecule has 1 unspecified atom stereocenters. The van der Waals surface area contributed by atoms with Crippen LogP contribution in [-0.2, 0) is 4.79 Å². The Morgan fingerprint density at radius 1 is 1.36 bits per heavy atom. The predicted molar refractivity (Wildman–Crippen MR) is 60.3 cm³/mol. The summed E-state index contributed by atoms with van der Waals surface area (Å²) >= 11 is 0. The average molecular weight is 200 g/mol. The van der Waals surface area contributed by atoms with Gasteiger partial charge in [0.05, 0.1) is 0 Å². The number of hydrogen-bond donors (Lipinski definition) is 1. The summed E-state index contributed by atoms with van der Waals surface area (Å²) in [6.45, 7) is 9.12. The molecule has 0 aromatic rings. The molecule has 0 aromatic heterocycles. The largest absolute Gasteiger partial charge is 0.343 e. The van der Waals surface area contributed by atoms with Gasteiger partial charge in [-0.2, -0.15) is 0 Å².